The number of halogens is 1. The Hall–Kier alpha value is -3.41. The van der Waals surface area contributed by atoms with Crippen molar-refractivity contribution < 1.29 is 9.18 Å². The molecule has 164 valence electrons. The zero-order chi connectivity index (χ0) is 22.0. The van der Waals surface area contributed by atoms with E-state index in [0.29, 0.717) is 6.54 Å². The summed E-state index contributed by atoms with van der Waals surface area (Å²) >= 11 is 0. The molecule has 6 heteroatoms. The summed E-state index contributed by atoms with van der Waals surface area (Å²) in [5, 5.41) is 2.97. The lowest BCUT2D eigenvalue weighted by atomic mass is 9.63. The molecule has 2 aliphatic heterocycles. The second kappa shape index (κ2) is 8.61. The van der Waals surface area contributed by atoms with Crippen molar-refractivity contribution in [2.75, 3.05) is 24.5 Å². The van der Waals surface area contributed by atoms with Gasteiger partial charge < -0.3 is 15.1 Å². The molecule has 5 nitrogen and oxygen atoms in total. The van der Waals surface area contributed by atoms with Crippen molar-refractivity contribution >= 4 is 11.7 Å². The number of para-hydroxylation sites is 1. The van der Waals surface area contributed by atoms with Crippen molar-refractivity contribution in [3.63, 3.8) is 0 Å². The number of aromatic nitrogens is 1. The Kier molecular flexibility index (Phi) is 5.52. The number of nitrogens with zero attached hydrogens (tertiary/aromatic N) is 3. The van der Waals surface area contributed by atoms with Gasteiger partial charge >= 0.3 is 6.03 Å². The number of pyridine rings is 1. The maximum Gasteiger partial charge on any atom is 0.317 e. The van der Waals surface area contributed by atoms with Crippen LogP contribution in [-0.4, -0.2) is 35.5 Å². The number of likely N-dealkylation sites (tertiary alicyclic amines) is 1. The van der Waals surface area contributed by atoms with E-state index >= 15 is 0 Å². The van der Waals surface area contributed by atoms with Crippen LogP contribution in [0.1, 0.15) is 30.0 Å². The molecule has 0 radical (unpaired) electrons. The van der Waals surface area contributed by atoms with Crippen LogP contribution in [-0.2, 0) is 6.54 Å². The van der Waals surface area contributed by atoms with Crippen LogP contribution in [0.15, 0.2) is 79.1 Å². The van der Waals surface area contributed by atoms with Crippen LogP contribution in [0.2, 0.25) is 0 Å². The number of amides is 2. The molecule has 1 aromatic heterocycles. The molecule has 1 unspecified atom stereocenters. The number of hydrogen-bond donors (Lipinski definition) is 1. The van der Waals surface area contributed by atoms with E-state index in [2.05, 4.69) is 45.5 Å². The van der Waals surface area contributed by atoms with Crippen LogP contribution < -0.4 is 10.2 Å². The Balaban J connectivity index is 1.25. The zero-order valence-electron chi connectivity index (χ0n) is 18.0. The van der Waals surface area contributed by atoms with Gasteiger partial charge in [0.15, 0.2) is 0 Å². The first-order chi connectivity index (χ1) is 15.6. The van der Waals surface area contributed by atoms with Crippen molar-refractivity contribution in [1.82, 2.24) is 15.2 Å². The minimum Gasteiger partial charge on any atom is -0.363 e. The molecule has 1 atom stereocenters. The normalized spacial score (nSPS) is 19.5. The fourth-order valence-corrected chi connectivity index (χ4v) is 5.14. The van der Waals surface area contributed by atoms with Crippen LogP contribution in [0, 0.1) is 11.2 Å². The highest BCUT2D eigenvalue weighted by Gasteiger charge is 2.54. The molecule has 2 aromatic carbocycles. The molecule has 2 saturated heterocycles. The van der Waals surface area contributed by atoms with Crippen LogP contribution in [0.3, 0.4) is 0 Å². The van der Waals surface area contributed by atoms with Gasteiger partial charge in [0.1, 0.15) is 5.82 Å². The SMILES string of the molecule is O=C(NCc1ccc(F)cc1)N1CCC2(CC1)CN(c1ccccc1)C2c1cccnc1. The number of urea groups is 1. The van der Waals surface area contributed by atoms with E-state index in [1.165, 1.54) is 23.4 Å². The maximum absolute atomic E-state index is 13.1. The van der Waals surface area contributed by atoms with E-state index in [9.17, 15) is 9.18 Å². The smallest absolute Gasteiger partial charge is 0.317 e. The Morgan fingerprint density at radius 1 is 1.03 bits per heavy atom. The topological polar surface area (TPSA) is 48.5 Å². The lowest BCUT2D eigenvalue weighted by Crippen LogP contribution is -2.63. The monoisotopic (exact) mass is 430 g/mol. The van der Waals surface area contributed by atoms with Crippen LogP contribution in [0.25, 0.3) is 0 Å². The summed E-state index contributed by atoms with van der Waals surface area (Å²) in [5.41, 5.74) is 3.50. The maximum atomic E-state index is 13.1. The van der Waals surface area contributed by atoms with Crippen molar-refractivity contribution in [2.45, 2.75) is 25.4 Å². The van der Waals surface area contributed by atoms with E-state index < -0.39 is 0 Å². The number of nitrogens with one attached hydrogen (secondary N) is 1. The van der Waals surface area contributed by atoms with Crippen molar-refractivity contribution in [3.05, 3.63) is 96.1 Å². The Bertz CT molecular complexity index is 1050. The predicted octanol–water partition coefficient (Wildman–Crippen LogP) is 4.77. The summed E-state index contributed by atoms with van der Waals surface area (Å²) in [6, 6.07) is 21.1. The van der Waals surface area contributed by atoms with Crippen LogP contribution >= 0.6 is 0 Å². The average Bonchev–Trinajstić information content (AvgIpc) is 2.83. The molecule has 3 heterocycles. The van der Waals surface area contributed by atoms with E-state index in [1.807, 2.05) is 29.4 Å². The molecule has 0 bridgehead atoms. The summed E-state index contributed by atoms with van der Waals surface area (Å²) in [6.45, 7) is 2.85. The summed E-state index contributed by atoms with van der Waals surface area (Å²) < 4.78 is 13.1. The van der Waals surface area contributed by atoms with Gasteiger partial charge in [-0.25, -0.2) is 9.18 Å². The molecule has 2 aliphatic rings. The van der Waals surface area contributed by atoms with Gasteiger partial charge in [-0.1, -0.05) is 36.4 Å². The highest BCUT2D eigenvalue weighted by Crippen LogP contribution is 2.56. The Morgan fingerprint density at radius 2 is 1.78 bits per heavy atom. The minimum absolute atomic E-state index is 0.0543. The number of benzene rings is 2. The lowest BCUT2D eigenvalue weighted by Gasteiger charge is -2.61. The van der Waals surface area contributed by atoms with Crippen LogP contribution in [0.5, 0.6) is 0 Å². The molecule has 32 heavy (non-hydrogen) atoms. The molecule has 5 rings (SSSR count). The molecule has 0 saturated carbocycles. The first kappa shape index (κ1) is 20.5. The van der Waals surface area contributed by atoms with Gasteiger partial charge in [0.05, 0.1) is 6.04 Å². The Labute approximate surface area is 187 Å². The largest absolute Gasteiger partial charge is 0.363 e. The highest BCUT2D eigenvalue weighted by atomic mass is 19.1. The van der Waals surface area contributed by atoms with Crippen molar-refractivity contribution in [1.29, 1.82) is 0 Å². The number of piperidine rings is 1. The third-order valence-electron chi connectivity index (χ3n) is 6.87. The van der Waals surface area contributed by atoms with Gasteiger partial charge in [-0.3, -0.25) is 4.98 Å². The third kappa shape index (κ3) is 3.93. The highest BCUT2D eigenvalue weighted by molar-refractivity contribution is 5.74. The van der Waals surface area contributed by atoms with Gasteiger partial charge in [0.25, 0.3) is 0 Å². The van der Waals surface area contributed by atoms with Crippen molar-refractivity contribution in [2.24, 2.45) is 5.41 Å². The molecular formula is C26H27FN4O. The van der Waals surface area contributed by atoms with Gasteiger partial charge in [0.2, 0.25) is 0 Å². The summed E-state index contributed by atoms with van der Waals surface area (Å²) in [5.74, 6) is -0.269. The molecule has 0 aliphatic carbocycles. The standard InChI is InChI=1S/C26H27FN4O/c27-22-10-8-20(9-11-22)17-29-25(32)30-15-12-26(13-16-30)19-31(23-6-2-1-3-7-23)24(26)21-5-4-14-28-18-21/h1-11,14,18,24H,12-13,15-17,19H2,(H,29,32). The first-order valence-corrected chi connectivity index (χ1v) is 11.1. The molecule has 2 amide bonds. The van der Waals surface area contributed by atoms with Crippen LogP contribution in [0.4, 0.5) is 14.9 Å². The van der Waals surface area contributed by atoms with E-state index in [4.69, 9.17) is 0 Å². The average molecular weight is 431 g/mol. The second-order valence-electron chi connectivity index (χ2n) is 8.79. The van der Waals surface area contributed by atoms with Gasteiger partial charge in [0, 0.05) is 49.7 Å². The lowest BCUT2D eigenvalue weighted by molar-refractivity contribution is 0.0434. The molecule has 1 spiro atoms. The summed E-state index contributed by atoms with van der Waals surface area (Å²) in [6.07, 6.45) is 5.71. The van der Waals surface area contributed by atoms with E-state index in [-0.39, 0.29) is 23.3 Å². The van der Waals surface area contributed by atoms with E-state index in [1.54, 1.807) is 12.1 Å². The molecule has 3 aromatic rings. The predicted molar refractivity (Wildman–Crippen MR) is 123 cm³/mol. The molecule has 1 N–H and O–H groups in total. The van der Waals surface area contributed by atoms with E-state index in [0.717, 1.165) is 38.0 Å². The van der Waals surface area contributed by atoms with Gasteiger partial charge in [-0.15, -0.1) is 0 Å². The fraction of sp³-hybridized carbons (Fsp3) is 0.308. The number of carbonyl (C=O) groups excluding carboxylic acids is 1. The molecule has 2 fully saturated rings. The quantitative estimate of drug-likeness (QED) is 0.648. The number of carbonyl (C=O) groups is 1. The molecular weight excluding hydrogens is 403 g/mol. The number of rotatable bonds is 4. The van der Waals surface area contributed by atoms with Crippen molar-refractivity contribution in [3.8, 4) is 0 Å². The fourth-order valence-electron chi connectivity index (χ4n) is 5.14. The number of hydrogen-bond acceptors (Lipinski definition) is 3. The van der Waals surface area contributed by atoms with Gasteiger partial charge in [-0.05, 0) is 54.3 Å². The number of anilines is 1. The third-order valence-corrected chi connectivity index (χ3v) is 6.87. The minimum atomic E-state index is -0.269. The summed E-state index contributed by atoms with van der Waals surface area (Å²) in [4.78, 5) is 21.4. The van der Waals surface area contributed by atoms with Gasteiger partial charge in [-0.2, -0.15) is 0 Å². The first-order valence-electron chi connectivity index (χ1n) is 11.1. The summed E-state index contributed by atoms with van der Waals surface area (Å²) in [7, 11) is 0. The Morgan fingerprint density at radius 3 is 2.47 bits per heavy atom. The zero-order valence-corrected chi connectivity index (χ0v) is 18.0. The second-order valence-corrected chi connectivity index (χ2v) is 8.79.